The highest BCUT2D eigenvalue weighted by molar-refractivity contribution is 7.89. The number of carbonyl (C=O) groups is 1. The van der Waals surface area contributed by atoms with E-state index in [1.165, 1.54) is 22.5 Å². The molecule has 0 unspecified atom stereocenters. The third kappa shape index (κ3) is 5.58. The van der Waals surface area contributed by atoms with Gasteiger partial charge in [-0.15, -0.1) is 0 Å². The lowest BCUT2D eigenvalue weighted by Crippen LogP contribution is -2.50. The summed E-state index contributed by atoms with van der Waals surface area (Å²) < 4.78 is 74.6. The van der Waals surface area contributed by atoms with Crippen LogP contribution in [0.1, 0.15) is 11.1 Å². The first kappa shape index (κ1) is 27.7. The smallest absolute Gasteiger partial charge is 0.244 e. The third-order valence-electron chi connectivity index (χ3n) is 6.73. The number of benzene rings is 3. The highest BCUT2D eigenvalue weighted by atomic mass is 35.5. The van der Waals surface area contributed by atoms with Gasteiger partial charge in [0.2, 0.25) is 26.0 Å². The Morgan fingerprint density at radius 2 is 1.54 bits per heavy atom. The molecule has 0 radical (unpaired) electrons. The SMILES string of the molecule is O=C(Nc1cc(S(=O)(=O)N2CCOCC2)ccc1Cl)[C@H]1Cc2ccccc2CN1S(=O)(=O)c1ccc(F)cc1. The Hall–Kier alpha value is -2.87. The molecular formula is C26H25ClFN3O6S2. The van der Waals surface area contributed by atoms with E-state index in [1.807, 2.05) is 6.07 Å². The number of nitrogens with one attached hydrogen (secondary N) is 1. The van der Waals surface area contributed by atoms with Crippen molar-refractivity contribution < 1.29 is 30.8 Å². The van der Waals surface area contributed by atoms with Crippen LogP contribution in [0.25, 0.3) is 0 Å². The molecule has 2 aliphatic rings. The molecule has 0 bridgehead atoms. The molecule has 1 N–H and O–H groups in total. The summed E-state index contributed by atoms with van der Waals surface area (Å²) in [4.78, 5) is 13.4. The molecular weight excluding hydrogens is 569 g/mol. The Bertz CT molecular complexity index is 1610. The van der Waals surface area contributed by atoms with E-state index in [0.29, 0.717) is 0 Å². The van der Waals surface area contributed by atoms with Crippen LogP contribution in [0.15, 0.2) is 76.5 Å². The molecule has 0 saturated carbocycles. The molecule has 13 heteroatoms. The summed E-state index contributed by atoms with van der Waals surface area (Å²) in [5.74, 6) is -1.27. The fourth-order valence-electron chi connectivity index (χ4n) is 4.63. The number of ether oxygens (including phenoxy) is 1. The van der Waals surface area contributed by atoms with Gasteiger partial charge in [0.1, 0.15) is 11.9 Å². The van der Waals surface area contributed by atoms with E-state index >= 15 is 0 Å². The molecule has 0 aliphatic carbocycles. The Kier molecular flexibility index (Phi) is 7.77. The van der Waals surface area contributed by atoms with Crippen molar-refractivity contribution in [3.63, 3.8) is 0 Å². The molecule has 1 atom stereocenters. The standard InChI is InChI=1S/C26H25ClFN3O6S2/c27-23-10-9-22(38(33,34)30-11-13-37-14-12-30)16-24(23)29-26(32)25-15-18-3-1-2-4-19(18)17-31(25)39(35,36)21-7-5-20(28)6-8-21/h1-10,16,25H,11-15,17H2,(H,29,32)/t25-/m1/s1. The first-order chi connectivity index (χ1) is 18.6. The average Bonchev–Trinajstić information content (AvgIpc) is 2.94. The Morgan fingerprint density at radius 1 is 0.897 bits per heavy atom. The Labute approximate surface area is 231 Å². The molecule has 5 rings (SSSR count). The summed E-state index contributed by atoms with van der Waals surface area (Å²) in [5, 5.41) is 2.74. The minimum Gasteiger partial charge on any atom is -0.379 e. The number of carbonyl (C=O) groups excluding carboxylic acids is 1. The van der Waals surface area contributed by atoms with Crippen molar-refractivity contribution in [1.29, 1.82) is 0 Å². The van der Waals surface area contributed by atoms with E-state index in [2.05, 4.69) is 5.32 Å². The predicted octanol–water partition coefficient (Wildman–Crippen LogP) is 3.25. The van der Waals surface area contributed by atoms with Gasteiger partial charge in [0.15, 0.2) is 0 Å². The fourth-order valence-corrected chi connectivity index (χ4v) is 7.79. The molecule has 9 nitrogen and oxygen atoms in total. The molecule has 3 aromatic carbocycles. The zero-order valence-corrected chi connectivity index (χ0v) is 23.0. The molecule has 1 saturated heterocycles. The van der Waals surface area contributed by atoms with Crippen LogP contribution < -0.4 is 5.32 Å². The minimum absolute atomic E-state index is 0.0361. The number of sulfonamides is 2. The number of halogens is 2. The maximum atomic E-state index is 13.6. The highest BCUT2D eigenvalue weighted by Gasteiger charge is 2.40. The minimum atomic E-state index is -4.21. The summed E-state index contributed by atoms with van der Waals surface area (Å²) in [5.41, 5.74) is 1.58. The van der Waals surface area contributed by atoms with Crippen molar-refractivity contribution >= 4 is 43.2 Å². The van der Waals surface area contributed by atoms with Gasteiger partial charge >= 0.3 is 0 Å². The molecule has 1 fully saturated rings. The Morgan fingerprint density at radius 3 is 2.23 bits per heavy atom. The second-order valence-corrected chi connectivity index (χ2v) is 13.4. The normalized spacial score (nSPS) is 18.9. The number of hydrogen-bond acceptors (Lipinski definition) is 6. The summed E-state index contributed by atoms with van der Waals surface area (Å²) >= 11 is 6.32. The van der Waals surface area contributed by atoms with Gasteiger partial charge in [0.25, 0.3) is 0 Å². The molecule has 0 aromatic heterocycles. The highest BCUT2D eigenvalue weighted by Crippen LogP contribution is 2.32. The zero-order valence-electron chi connectivity index (χ0n) is 20.6. The maximum Gasteiger partial charge on any atom is 0.244 e. The summed E-state index contributed by atoms with van der Waals surface area (Å²) in [6, 6.07) is 14.4. The van der Waals surface area contributed by atoms with Gasteiger partial charge in [-0.3, -0.25) is 4.79 Å². The second-order valence-electron chi connectivity index (χ2n) is 9.14. The molecule has 0 spiro atoms. The van der Waals surface area contributed by atoms with Crippen molar-refractivity contribution in [3.05, 3.63) is 88.7 Å². The zero-order chi connectivity index (χ0) is 27.8. The van der Waals surface area contributed by atoms with Gasteiger partial charge in [-0.25, -0.2) is 21.2 Å². The van der Waals surface area contributed by atoms with Crippen LogP contribution in [0, 0.1) is 5.82 Å². The van der Waals surface area contributed by atoms with Gasteiger partial charge < -0.3 is 10.1 Å². The summed E-state index contributed by atoms with van der Waals surface area (Å²) in [6.07, 6.45) is 0.0752. The van der Waals surface area contributed by atoms with E-state index in [-0.39, 0.29) is 59.8 Å². The van der Waals surface area contributed by atoms with E-state index < -0.39 is 37.8 Å². The third-order valence-corrected chi connectivity index (χ3v) is 10.8. The molecule has 1 amide bonds. The van der Waals surface area contributed by atoms with Crippen molar-refractivity contribution in [3.8, 4) is 0 Å². The van der Waals surface area contributed by atoms with Crippen LogP contribution in [0.5, 0.6) is 0 Å². The van der Waals surface area contributed by atoms with Gasteiger partial charge in [-0.1, -0.05) is 35.9 Å². The lowest BCUT2D eigenvalue weighted by Gasteiger charge is -2.35. The first-order valence-corrected chi connectivity index (χ1v) is 15.4. The van der Waals surface area contributed by atoms with Crippen LogP contribution in [0.3, 0.4) is 0 Å². The maximum absolute atomic E-state index is 13.6. The number of rotatable bonds is 6. The fraction of sp³-hybridized carbons (Fsp3) is 0.269. The molecule has 39 heavy (non-hydrogen) atoms. The predicted molar refractivity (Wildman–Crippen MR) is 143 cm³/mol. The van der Waals surface area contributed by atoms with Crippen LogP contribution in [0.4, 0.5) is 10.1 Å². The summed E-state index contributed by atoms with van der Waals surface area (Å²) in [7, 11) is -8.07. The molecule has 2 heterocycles. The Balaban J connectivity index is 1.47. The van der Waals surface area contributed by atoms with E-state index in [1.54, 1.807) is 18.2 Å². The lowest BCUT2D eigenvalue weighted by atomic mass is 9.95. The number of morpholine rings is 1. The van der Waals surface area contributed by atoms with Gasteiger partial charge in [0, 0.05) is 19.6 Å². The average molecular weight is 594 g/mol. The van der Waals surface area contributed by atoms with E-state index in [4.69, 9.17) is 16.3 Å². The van der Waals surface area contributed by atoms with Gasteiger partial charge in [-0.2, -0.15) is 8.61 Å². The van der Waals surface area contributed by atoms with Crippen molar-refractivity contribution in [2.75, 3.05) is 31.6 Å². The number of fused-ring (bicyclic) bond motifs is 1. The first-order valence-electron chi connectivity index (χ1n) is 12.1. The van der Waals surface area contributed by atoms with E-state index in [9.17, 15) is 26.0 Å². The molecule has 3 aromatic rings. The van der Waals surface area contributed by atoms with Crippen molar-refractivity contribution in [1.82, 2.24) is 8.61 Å². The number of nitrogens with zero attached hydrogens (tertiary/aromatic N) is 2. The second kappa shape index (κ2) is 11.0. The van der Waals surface area contributed by atoms with Crippen molar-refractivity contribution in [2.24, 2.45) is 0 Å². The molecule has 206 valence electrons. The van der Waals surface area contributed by atoms with Crippen LogP contribution in [0.2, 0.25) is 5.02 Å². The van der Waals surface area contributed by atoms with Gasteiger partial charge in [0.05, 0.1) is 33.7 Å². The van der Waals surface area contributed by atoms with Gasteiger partial charge in [-0.05, 0) is 60.0 Å². The number of amides is 1. The van der Waals surface area contributed by atoms with E-state index in [0.717, 1.165) is 39.7 Å². The topological polar surface area (TPSA) is 113 Å². The lowest BCUT2D eigenvalue weighted by molar-refractivity contribution is -0.120. The number of hydrogen-bond donors (Lipinski definition) is 1. The van der Waals surface area contributed by atoms with Crippen LogP contribution in [-0.4, -0.2) is 63.7 Å². The largest absolute Gasteiger partial charge is 0.379 e. The van der Waals surface area contributed by atoms with Crippen LogP contribution in [-0.2, 0) is 42.5 Å². The van der Waals surface area contributed by atoms with Crippen LogP contribution >= 0.6 is 11.6 Å². The summed E-state index contributed by atoms with van der Waals surface area (Å²) in [6.45, 7) is 0.873. The quantitative estimate of drug-likeness (QED) is 0.469. The monoisotopic (exact) mass is 593 g/mol. The molecule has 2 aliphatic heterocycles. The number of anilines is 1. The van der Waals surface area contributed by atoms with Crippen molar-refractivity contribution in [2.45, 2.75) is 28.8 Å².